The molecule has 3 N–H and O–H groups in total. The Kier molecular flexibility index (Phi) is 7.42. The van der Waals surface area contributed by atoms with Crippen molar-refractivity contribution < 1.29 is 24.2 Å². The number of hydrogen-bond donors (Lipinski definition) is 3. The number of thioether (sulfide) groups is 1. The van der Waals surface area contributed by atoms with Gasteiger partial charge in [0.25, 0.3) is 0 Å². The molecule has 0 saturated carbocycles. The van der Waals surface area contributed by atoms with Gasteiger partial charge in [-0.15, -0.1) is 11.8 Å². The molecular formula is C31H39N3O5S. The molecule has 0 radical (unpaired) electrons. The molecule has 9 heteroatoms. The summed E-state index contributed by atoms with van der Waals surface area (Å²) in [6.45, 7) is 9.91. The van der Waals surface area contributed by atoms with Gasteiger partial charge in [-0.2, -0.15) is 0 Å². The van der Waals surface area contributed by atoms with Crippen molar-refractivity contribution in [2.24, 2.45) is 11.8 Å². The number of aliphatic hydroxyl groups excluding tert-OH is 1. The van der Waals surface area contributed by atoms with E-state index >= 15 is 0 Å². The van der Waals surface area contributed by atoms with Gasteiger partial charge in [0.2, 0.25) is 17.7 Å². The summed E-state index contributed by atoms with van der Waals surface area (Å²) in [5.74, 6) is -1.33. The summed E-state index contributed by atoms with van der Waals surface area (Å²) in [6, 6.07) is 15.0. The number of aliphatic hydroxyl groups is 1. The zero-order chi connectivity index (χ0) is 28.9. The van der Waals surface area contributed by atoms with Crippen molar-refractivity contribution in [3.8, 4) is 5.75 Å². The lowest BCUT2D eigenvalue weighted by Crippen LogP contribution is -2.57. The first kappa shape index (κ1) is 28.5. The van der Waals surface area contributed by atoms with Gasteiger partial charge in [0.15, 0.2) is 0 Å². The van der Waals surface area contributed by atoms with Crippen LogP contribution in [-0.4, -0.2) is 62.0 Å². The summed E-state index contributed by atoms with van der Waals surface area (Å²) in [5.41, 5.74) is 0.863. The number of nitrogens with zero attached hydrogens (tertiary/aromatic N) is 1. The van der Waals surface area contributed by atoms with Crippen LogP contribution in [0.25, 0.3) is 0 Å². The number of carbonyl (C=O) groups is 3. The van der Waals surface area contributed by atoms with E-state index in [1.165, 1.54) is 0 Å². The molecule has 0 aromatic heterocycles. The standard InChI is InChI=1S/C31H39N3O5S/c1-6-39-21-14-12-20(13-15-21)32-26(36)23-24-28(38)34(22(18-35)19-10-8-7-9-11-19)25(27(37)33-29(2,3)4)31(24)17-16-30(23,5)40-31/h7-15,22-25,35H,6,16-18H2,1-5H3,(H,32,36)(H,33,37)/t22-,23+,24+,25?,30-,31?/m1/s1. The van der Waals surface area contributed by atoms with Gasteiger partial charge in [-0.3, -0.25) is 14.4 Å². The highest BCUT2D eigenvalue weighted by Gasteiger charge is 2.77. The second kappa shape index (κ2) is 10.4. The Morgan fingerprint density at radius 3 is 2.38 bits per heavy atom. The van der Waals surface area contributed by atoms with E-state index in [-0.39, 0.29) is 24.3 Å². The van der Waals surface area contributed by atoms with E-state index in [0.717, 1.165) is 5.56 Å². The smallest absolute Gasteiger partial charge is 0.244 e. The first-order valence-corrected chi connectivity index (χ1v) is 14.8. The van der Waals surface area contributed by atoms with E-state index in [2.05, 4.69) is 10.6 Å². The number of hydrogen-bond acceptors (Lipinski definition) is 6. The van der Waals surface area contributed by atoms with Gasteiger partial charge in [0.05, 0.1) is 35.8 Å². The normalized spacial score (nSPS) is 29.7. The zero-order valence-electron chi connectivity index (χ0n) is 23.8. The van der Waals surface area contributed by atoms with Crippen LogP contribution in [0.3, 0.4) is 0 Å². The summed E-state index contributed by atoms with van der Waals surface area (Å²) >= 11 is 1.62. The van der Waals surface area contributed by atoms with Crippen LogP contribution in [0.4, 0.5) is 5.69 Å². The lowest BCUT2D eigenvalue weighted by molar-refractivity contribution is -0.143. The Hall–Kier alpha value is -3.04. The molecule has 214 valence electrons. The number of amides is 3. The summed E-state index contributed by atoms with van der Waals surface area (Å²) in [7, 11) is 0. The van der Waals surface area contributed by atoms with Crippen LogP contribution in [0.2, 0.25) is 0 Å². The van der Waals surface area contributed by atoms with Crippen molar-refractivity contribution in [1.82, 2.24) is 10.2 Å². The third-order valence-corrected chi connectivity index (χ3v) is 10.4. The Labute approximate surface area is 240 Å². The molecule has 3 fully saturated rings. The van der Waals surface area contributed by atoms with E-state index in [9.17, 15) is 19.5 Å². The first-order chi connectivity index (χ1) is 18.9. The third kappa shape index (κ3) is 4.77. The number of ether oxygens (including phenoxy) is 1. The van der Waals surface area contributed by atoms with Crippen LogP contribution in [0, 0.1) is 11.8 Å². The Morgan fingerprint density at radius 2 is 1.77 bits per heavy atom. The van der Waals surface area contributed by atoms with Gasteiger partial charge in [0, 0.05) is 16.0 Å². The minimum atomic E-state index is -0.823. The Bertz CT molecular complexity index is 1280. The highest BCUT2D eigenvalue weighted by Crippen LogP contribution is 2.72. The van der Waals surface area contributed by atoms with Gasteiger partial charge in [-0.05, 0) is 77.3 Å². The van der Waals surface area contributed by atoms with Crippen LogP contribution >= 0.6 is 11.8 Å². The lowest BCUT2D eigenvalue weighted by atomic mass is 9.66. The maximum atomic E-state index is 14.5. The molecule has 3 heterocycles. The predicted molar refractivity (Wildman–Crippen MR) is 156 cm³/mol. The molecule has 2 aromatic rings. The van der Waals surface area contributed by atoms with Crippen molar-refractivity contribution >= 4 is 35.2 Å². The molecule has 5 rings (SSSR count). The molecule has 0 aliphatic carbocycles. The van der Waals surface area contributed by atoms with Gasteiger partial charge < -0.3 is 25.4 Å². The van der Waals surface area contributed by atoms with Gasteiger partial charge in [-0.1, -0.05) is 30.3 Å². The maximum absolute atomic E-state index is 14.5. The van der Waals surface area contributed by atoms with E-state index in [0.29, 0.717) is 30.9 Å². The second-order valence-corrected chi connectivity index (χ2v) is 14.2. The number of benzene rings is 2. The molecule has 1 spiro atoms. The summed E-state index contributed by atoms with van der Waals surface area (Å²) in [4.78, 5) is 44.0. The molecule has 3 amide bonds. The maximum Gasteiger partial charge on any atom is 0.244 e. The topological polar surface area (TPSA) is 108 Å². The van der Waals surface area contributed by atoms with Gasteiger partial charge in [-0.25, -0.2) is 0 Å². The number of anilines is 1. The van der Waals surface area contributed by atoms with Crippen LogP contribution in [0.5, 0.6) is 5.75 Å². The SMILES string of the molecule is CCOc1ccc(NC(=O)[C@@H]2[C@H]3C(=O)N([C@H](CO)c4ccccc4)C(C(=O)NC(C)(C)C)C34CC[C@@]2(C)S4)cc1. The molecular weight excluding hydrogens is 526 g/mol. The molecule has 40 heavy (non-hydrogen) atoms. The highest BCUT2D eigenvalue weighted by molar-refractivity contribution is 8.02. The molecule has 2 unspecified atom stereocenters. The predicted octanol–water partition coefficient (Wildman–Crippen LogP) is 4.15. The third-order valence-electron chi connectivity index (χ3n) is 8.37. The summed E-state index contributed by atoms with van der Waals surface area (Å²) in [5, 5.41) is 16.7. The Balaban J connectivity index is 1.54. The quantitative estimate of drug-likeness (QED) is 0.444. The average Bonchev–Trinajstić information content (AvgIpc) is 3.46. The number of carbonyl (C=O) groups excluding carboxylic acids is 3. The van der Waals surface area contributed by atoms with Crippen LogP contribution in [0.1, 0.15) is 59.1 Å². The van der Waals surface area contributed by atoms with E-state index in [1.807, 2.05) is 65.0 Å². The van der Waals surface area contributed by atoms with Crippen molar-refractivity contribution in [1.29, 1.82) is 0 Å². The van der Waals surface area contributed by atoms with Crippen molar-refractivity contribution in [2.45, 2.75) is 74.6 Å². The molecule has 3 aliphatic heterocycles. The van der Waals surface area contributed by atoms with Crippen molar-refractivity contribution in [3.63, 3.8) is 0 Å². The fourth-order valence-electron chi connectivity index (χ4n) is 6.89. The second-order valence-electron chi connectivity index (χ2n) is 12.3. The first-order valence-electron chi connectivity index (χ1n) is 14.0. The van der Waals surface area contributed by atoms with Crippen LogP contribution in [0.15, 0.2) is 54.6 Å². The Morgan fingerprint density at radius 1 is 1.10 bits per heavy atom. The van der Waals surface area contributed by atoms with E-state index in [4.69, 9.17) is 4.74 Å². The molecule has 8 nitrogen and oxygen atoms in total. The van der Waals surface area contributed by atoms with Crippen LogP contribution in [-0.2, 0) is 14.4 Å². The van der Waals surface area contributed by atoms with Crippen molar-refractivity contribution in [3.05, 3.63) is 60.2 Å². The minimum Gasteiger partial charge on any atom is -0.494 e. The molecule has 3 aliphatic rings. The largest absolute Gasteiger partial charge is 0.494 e. The number of fused-ring (bicyclic) bond motifs is 1. The van der Waals surface area contributed by atoms with Gasteiger partial charge >= 0.3 is 0 Å². The average molecular weight is 566 g/mol. The van der Waals surface area contributed by atoms with Gasteiger partial charge in [0.1, 0.15) is 11.8 Å². The fraction of sp³-hybridized carbons (Fsp3) is 0.516. The van der Waals surface area contributed by atoms with Crippen LogP contribution < -0.4 is 15.4 Å². The lowest BCUT2D eigenvalue weighted by Gasteiger charge is -2.38. The highest BCUT2D eigenvalue weighted by atomic mass is 32.2. The van der Waals surface area contributed by atoms with Crippen molar-refractivity contribution in [2.75, 3.05) is 18.5 Å². The molecule has 3 saturated heterocycles. The number of nitrogens with one attached hydrogen (secondary N) is 2. The molecule has 2 aromatic carbocycles. The minimum absolute atomic E-state index is 0.226. The summed E-state index contributed by atoms with van der Waals surface area (Å²) < 4.78 is 4.25. The van der Waals surface area contributed by atoms with E-state index < -0.39 is 39.0 Å². The van der Waals surface area contributed by atoms with E-state index in [1.54, 1.807) is 40.9 Å². The number of likely N-dealkylation sites (tertiary alicyclic amines) is 1. The zero-order valence-corrected chi connectivity index (χ0v) is 24.6. The monoisotopic (exact) mass is 565 g/mol. The number of rotatable bonds is 8. The molecule has 2 bridgehead atoms. The molecule has 6 atom stereocenters. The fourth-order valence-corrected chi connectivity index (χ4v) is 9.23. The summed E-state index contributed by atoms with van der Waals surface area (Å²) in [6.07, 6.45) is 1.36.